The van der Waals surface area contributed by atoms with E-state index < -0.39 is 17.7 Å². The molecule has 1 nitrogen and oxygen atoms in total. The van der Waals surface area contributed by atoms with Gasteiger partial charge in [-0.3, -0.25) is 0 Å². The zero-order chi connectivity index (χ0) is 12.5. The molecule has 1 aromatic heterocycles. The summed E-state index contributed by atoms with van der Waals surface area (Å²) in [6.07, 6.45) is -4.58. The first kappa shape index (κ1) is 11.6. The van der Waals surface area contributed by atoms with Crippen LogP contribution in [0.2, 0.25) is 0 Å². The minimum atomic E-state index is -4.58. The van der Waals surface area contributed by atoms with Crippen LogP contribution in [-0.4, -0.2) is 4.98 Å². The lowest BCUT2D eigenvalue weighted by molar-refractivity contribution is -0.137. The third-order valence-corrected chi connectivity index (χ3v) is 2.19. The molecule has 17 heavy (non-hydrogen) atoms. The number of aromatic nitrogens is 1. The van der Waals surface area contributed by atoms with Crippen molar-refractivity contribution in [2.45, 2.75) is 6.18 Å². The van der Waals surface area contributed by atoms with Crippen LogP contribution in [0.5, 0.6) is 0 Å². The van der Waals surface area contributed by atoms with Gasteiger partial charge in [0.15, 0.2) is 0 Å². The highest BCUT2D eigenvalue weighted by molar-refractivity contribution is 5.59. The topological polar surface area (TPSA) is 12.9 Å². The van der Waals surface area contributed by atoms with Crippen molar-refractivity contribution in [3.63, 3.8) is 0 Å². The standard InChI is InChI=1S/C12H7F4N/c13-11-7-9(12(14,15)16)6-10(17-11)8-4-2-1-3-5-8/h1-7H. The molecule has 2 aromatic rings. The summed E-state index contributed by atoms with van der Waals surface area (Å²) in [4.78, 5) is 3.45. The van der Waals surface area contributed by atoms with Crippen molar-refractivity contribution in [1.82, 2.24) is 4.98 Å². The molecule has 0 radical (unpaired) electrons. The molecule has 0 unspecified atom stereocenters. The predicted octanol–water partition coefficient (Wildman–Crippen LogP) is 3.91. The van der Waals surface area contributed by atoms with Crippen LogP contribution in [0.15, 0.2) is 42.5 Å². The molecule has 0 fully saturated rings. The predicted molar refractivity (Wildman–Crippen MR) is 54.6 cm³/mol. The van der Waals surface area contributed by atoms with Crippen LogP contribution in [0.25, 0.3) is 11.3 Å². The minimum Gasteiger partial charge on any atom is -0.220 e. The van der Waals surface area contributed by atoms with Gasteiger partial charge in [0.05, 0.1) is 11.3 Å². The highest BCUT2D eigenvalue weighted by Crippen LogP contribution is 2.31. The first-order valence-electron chi connectivity index (χ1n) is 4.77. The Hall–Kier alpha value is -1.91. The largest absolute Gasteiger partial charge is 0.416 e. The summed E-state index contributed by atoms with van der Waals surface area (Å²) < 4.78 is 50.4. The fourth-order valence-electron chi connectivity index (χ4n) is 1.42. The van der Waals surface area contributed by atoms with Crippen molar-refractivity contribution in [2.24, 2.45) is 0 Å². The van der Waals surface area contributed by atoms with Crippen molar-refractivity contribution in [2.75, 3.05) is 0 Å². The first-order valence-corrected chi connectivity index (χ1v) is 4.77. The second kappa shape index (κ2) is 4.16. The van der Waals surface area contributed by atoms with E-state index in [1.54, 1.807) is 30.3 Å². The van der Waals surface area contributed by atoms with Crippen LogP contribution in [-0.2, 0) is 6.18 Å². The van der Waals surface area contributed by atoms with Crippen LogP contribution in [0.4, 0.5) is 17.6 Å². The Bertz CT molecular complexity index is 520. The highest BCUT2D eigenvalue weighted by atomic mass is 19.4. The summed E-state index contributed by atoms with van der Waals surface area (Å²) in [5, 5.41) is 0. The van der Waals surface area contributed by atoms with Gasteiger partial charge in [-0.1, -0.05) is 30.3 Å². The quantitative estimate of drug-likeness (QED) is 0.545. The zero-order valence-corrected chi connectivity index (χ0v) is 8.50. The number of hydrogen-bond acceptors (Lipinski definition) is 1. The third-order valence-electron chi connectivity index (χ3n) is 2.19. The van der Waals surface area contributed by atoms with Gasteiger partial charge in [0.2, 0.25) is 5.95 Å². The lowest BCUT2D eigenvalue weighted by atomic mass is 10.1. The maximum atomic E-state index is 13.0. The fourth-order valence-corrected chi connectivity index (χ4v) is 1.42. The molecular formula is C12H7F4N. The van der Waals surface area contributed by atoms with E-state index in [0.717, 1.165) is 6.07 Å². The molecule has 1 aromatic carbocycles. The van der Waals surface area contributed by atoms with Crippen LogP contribution in [0, 0.1) is 5.95 Å². The van der Waals surface area contributed by atoms with Gasteiger partial charge in [-0.15, -0.1) is 0 Å². The molecule has 0 saturated carbocycles. The number of nitrogens with zero attached hydrogens (tertiary/aromatic N) is 1. The van der Waals surface area contributed by atoms with Gasteiger partial charge in [-0.05, 0) is 6.07 Å². The molecule has 1 heterocycles. The number of alkyl halides is 3. The number of halogens is 4. The Balaban J connectivity index is 2.54. The molecule has 0 spiro atoms. The van der Waals surface area contributed by atoms with Gasteiger partial charge >= 0.3 is 6.18 Å². The second-order valence-corrected chi connectivity index (χ2v) is 3.43. The van der Waals surface area contributed by atoms with E-state index in [4.69, 9.17) is 0 Å². The summed E-state index contributed by atoms with van der Waals surface area (Å²) in [5.41, 5.74) is -0.626. The second-order valence-electron chi connectivity index (χ2n) is 3.43. The molecule has 88 valence electrons. The minimum absolute atomic E-state index is 0.0297. The molecule has 0 atom stereocenters. The van der Waals surface area contributed by atoms with Crippen molar-refractivity contribution in [3.05, 3.63) is 54.0 Å². The number of pyridine rings is 1. The van der Waals surface area contributed by atoms with Crippen LogP contribution in [0.3, 0.4) is 0 Å². The van der Waals surface area contributed by atoms with E-state index in [9.17, 15) is 17.6 Å². The molecule has 0 N–H and O–H groups in total. The number of rotatable bonds is 1. The maximum absolute atomic E-state index is 13.0. The Labute approximate surface area is 94.7 Å². The maximum Gasteiger partial charge on any atom is 0.416 e. The van der Waals surface area contributed by atoms with E-state index in [-0.39, 0.29) is 5.69 Å². The van der Waals surface area contributed by atoms with Crippen molar-refractivity contribution < 1.29 is 17.6 Å². The Kier molecular flexibility index (Phi) is 2.83. The van der Waals surface area contributed by atoms with E-state index in [2.05, 4.69) is 4.98 Å². The molecule has 0 saturated heterocycles. The van der Waals surface area contributed by atoms with Crippen molar-refractivity contribution in [3.8, 4) is 11.3 Å². The Morgan fingerprint density at radius 3 is 2.18 bits per heavy atom. The number of hydrogen-bond donors (Lipinski definition) is 0. The summed E-state index contributed by atoms with van der Waals surface area (Å²) in [6, 6.07) is 9.37. The number of benzene rings is 1. The molecule has 2 rings (SSSR count). The van der Waals surface area contributed by atoms with Gasteiger partial charge < -0.3 is 0 Å². The molecule has 0 bridgehead atoms. The fraction of sp³-hybridized carbons (Fsp3) is 0.0833. The lowest BCUT2D eigenvalue weighted by Gasteiger charge is -2.08. The van der Waals surface area contributed by atoms with Gasteiger partial charge in [0, 0.05) is 11.6 Å². The molecule has 0 amide bonds. The molecule has 0 aliphatic rings. The van der Waals surface area contributed by atoms with Gasteiger partial charge in [-0.2, -0.15) is 17.6 Å². The summed E-state index contributed by atoms with van der Waals surface area (Å²) in [7, 11) is 0. The van der Waals surface area contributed by atoms with Crippen LogP contribution >= 0.6 is 0 Å². The van der Waals surface area contributed by atoms with Crippen molar-refractivity contribution >= 4 is 0 Å². The van der Waals surface area contributed by atoms with E-state index in [1.807, 2.05) is 0 Å². The van der Waals surface area contributed by atoms with Gasteiger partial charge in [0.25, 0.3) is 0 Å². The normalized spacial score (nSPS) is 11.5. The molecular weight excluding hydrogens is 234 g/mol. The van der Waals surface area contributed by atoms with Crippen molar-refractivity contribution in [1.29, 1.82) is 0 Å². The van der Waals surface area contributed by atoms with E-state index in [0.29, 0.717) is 11.6 Å². The summed E-state index contributed by atoms with van der Waals surface area (Å²) in [6.45, 7) is 0. The molecule has 5 heteroatoms. The molecule has 0 aliphatic heterocycles. The molecule has 0 aliphatic carbocycles. The first-order chi connectivity index (χ1) is 7.97. The average Bonchev–Trinajstić information content (AvgIpc) is 2.28. The highest BCUT2D eigenvalue weighted by Gasteiger charge is 2.31. The van der Waals surface area contributed by atoms with Crippen LogP contribution in [0.1, 0.15) is 5.56 Å². The Morgan fingerprint density at radius 2 is 1.59 bits per heavy atom. The van der Waals surface area contributed by atoms with Gasteiger partial charge in [-0.25, -0.2) is 4.98 Å². The average molecular weight is 241 g/mol. The lowest BCUT2D eigenvalue weighted by Crippen LogP contribution is -2.06. The van der Waals surface area contributed by atoms with E-state index in [1.165, 1.54) is 0 Å². The SMILES string of the molecule is Fc1cc(C(F)(F)F)cc(-c2ccccc2)n1. The zero-order valence-electron chi connectivity index (χ0n) is 8.50. The Morgan fingerprint density at radius 1 is 0.941 bits per heavy atom. The third kappa shape index (κ3) is 2.61. The summed E-state index contributed by atoms with van der Waals surface area (Å²) >= 11 is 0. The monoisotopic (exact) mass is 241 g/mol. The van der Waals surface area contributed by atoms with E-state index >= 15 is 0 Å². The van der Waals surface area contributed by atoms with Crippen LogP contribution < -0.4 is 0 Å². The van der Waals surface area contributed by atoms with Gasteiger partial charge in [0.1, 0.15) is 0 Å². The summed E-state index contributed by atoms with van der Waals surface area (Å²) in [5.74, 6) is -1.14. The smallest absolute Gasteiger partial charge is 0.220 e.